The lowest BCUT2D eigenvalue weighted by Gasteiger charge is -2.00. The first-order valence-corrected chi connectivity index (χ1v) is 4.21. The molecule has 0 amide bonds. The first-order chi connectivity index (χ1) is 5.88. The van der Waals surface area contributed by atoms with Crippen molar-refractivity contribution in [1.29, 1.82) is 5.26 Å². The molecule has 0 N–H and O–H groups in total. The standard InChI is InChI=1S/C10H12N2/c1-2-3-4-9-5-6-12-8-10(9)7-11/h5-6,8H,2-4H2,1H3. The molecule has 0 radical (unpaired) electrons. The third-order valence-electron chi connectivity index (χ3n) is 1.83. The summed E-state index contributed by atoms with van der Waals surface area (Å²) in [6, 6.07) is 4.07. The van der Waals surface area contributed by atoms with Crippen LogP contribution in [0.3, 0.4) is 0 Å². The maximum Gasteiger partial charge on any atom is 0.101 e. The van der Waals surface area contributed by atoms with Crippen LogP contribution in [0.5, 0.6) is 0 Å². The molecule has 0 aliphatic heterocycles. The second-order valence-corrected chi connectivity index (χ2v) is 2.75. The van der Waals surface area contributed by atoms with Crippen molar-refractivity contribution in [2.24, 2.45) is 0 Å². The number of aromatic nitrogens is 1. The minimum Gasteiger partial charge on any atom is -0.263 e. The minimum atomic E-state index is 0.714. The van der Waals surface area contributed by atoms with Gasteiger partial charge in [0.2, 0.25) is 0 Å². The summed E-state index contributed by atoms with van der Waals surface area (Å²) < 4.78 is 0. The van der Waals surface area contributed by atoms with Crippen molar-refractivity contribution < 1.29 is 0 Å². The largest absolute Gasteiger partial charge is 0.263 e. The number of nitriles is 1. The van der Waals surface area contributed by atoms with Crippen LogP contribution in [0.1, 0.15) is 30.9 Å². The van der Waals surface area contributed by atoms with Gasteiger partial charge in [0.05, 0.1) is 5.56 Å². The van der Waals surface area contributed by atoms with Crippen molar-refractivity contribution in [2.75, 3.05) is 0 Å². The Morgan fingerprint density at radius 2 is 2.42 bits per heavy atom. The molecule has 0 spiro atoms. The van der Waals surface area contributed by atoms with E-state index in [4.69, 9.17) is 5.26 Å². The third-order valence-corrected chi connectivity index (χ3v) is 1.83. The van der Waals surface area contributed by atoms with E-state index in [1.54, 1.807) is 12.4 Å². The molecule has 0 aliphatic rings. The van der Waals surface area contributed by atoms with E-state index in [0.29, 0.717) is 5.56 Å². The van der Waals surface area contributed by atoms with Crippen molar-refractivity contribution in [1.82, 2.24) is 4.98 Å². The van der Waals surface area contributed by atoms with Crippen molar-refractivity contribution in [3.63, 3.8) is 0 Å². The van der Waals surface area contributed by atoms with E-state index in [1.165, 1.54) is 0 Å². The summed E-state index contributed by atoms with van der Waals surface area (Å²) in [5.41, 5.74) is 1.83. The highest BCUT2D eigenvalue weighted by atomic mass is 14.6. The van der Waals surface area contributed by atoms with Crippen molar-refractivity contribution >= 4 is 0 Å². The van der Waals surface area contributed by atoms with Crippen LogP contribution in [0.2, 0.25) is 0 Å². The topological polar surface area (TPSA) is 36.7 Å². The molecule has 1 heterocycles. The van der Waals surface area contributed by atoms with Crippen LogP contribution in [0.4, 0.5) is 0 Å². The van der Waals surface area contributed by atoms with Crippen molar-refractivity contribution in [2.45, 2.75) is 26.2 Å². The summed E-state index contributed by atoms with van der Waals surface area (Å²) in [5, 5.41) is 8.73. The van der Waals surface area contributed by atoms with Crippen molar-refractivity contribution in [3.05, 3.63) is 29.6 Å². The summed E-state index contributed by atoms with van der Waals surface area (Å²) in [5.74, 6) is 0. The SMILES string of the molecule is CCCCc1ccncc1C#N. The van der Waals surface area contributed by atoms with Gasteiger partial charge in [0, 0.05) is 12.4 Å². The molecule has 2 heteroatoms. The fourth-order valence-electron chi connectivity index (χ4n) is 1.11. The summed E-state index contributed by atoms with van der Waals surface area (Å²) in [6.45, 7) is 2.15. The molecule has 0 saturated heterocycles. The molecule has 62 valence electrons. The highest BCUT2D eigenvalue weighted by Crippen LogP contribution is 2.08. The number of unbranched alkanes of at least 4 members (excludes halogenated alkanes) is 1. The summed E-state index contributed by atoms with van der Waals surface area (Å²) in [7, 11) is 0. The number of pyridine rings is 1. The van der Waals surface area contributed by atoms with Crippen LogP contribution in [-0.2, 0) is 6.42 Å². The third kappa shape index (κ3) is 2.06. The fourth-order valence-corrected chi connectivity index (χ4v) is 1.11. The van der Waals surface area contributed by atoms with Crippen LogP contribution < -0.4 is 0 Å². The Hall–Kier alpha value is -1.36. The van der Waals surface area contributed by atoms with Crippen LogP contribution in [-0.4, -0.2) is 4.98 Å². The Kier molecular flexibility index (Phi) is 3.28. The molecule has 0 aliphatic carbocycles. The summed E-state index contributed by atoms with van der Waals surface area (Å²) in [4.78, 5) is 3.90. The van der Waals surface area contributed by atoms with Gasteiger partial charge in [0.15, 0.2) is 0 Å². The second-order valence-electron chi connectivity index (χ2n) is 2.75. The lowest BCUT2D eigenvalue weighted by Crippen LogP contribution is -1.90. The average molecular weight is 160 g/mol. The molecule has 0 bridgehead atoms. The van der Waals surface area contributed by atoms with Gasteiger partial charge in [-0.2, -0.15) is 5.26 Å². The van der Waals surface area contributed by atoms with Gasteiger partial charge in [0.25, 0.3) is 0 Å². The fraction of sp³-hybridized carbons (Fsp3) is 0.400. The quantitative estimate of drug-likeness (QED) is 0.680. The minimum absolute atomic E-state index is 0.714. The molecule has 0 unspecified atom stereocenters. The highest BCUT2D eigenvalue weighted by Gasteiger charge is 1.99. The Balaban J connectivity index is 2.77. The van der Waals surface area contributed by atoms with Crippen molar-refractivity contribution in [3.8, 4) is 6.07 Å². The second kappa shape index (κ2) is 4.50. The van der Waals surface area contributed by atoms with Crippen LogP contribution >= 0.6 is 0 Å². The number of aryl methyl sites for hydroxylation is 1. The van der Waals surface area contributed by atoms with Gasteiger partial charge in [-0.1, -0.05) is 13.3 Å². The molecule has 1 aromatic rings. The van der Waals surface area contributed by atoms with E-state index in [-0.39, 0.29) is 0 Å². The molecule has 0 saturated carbocycles. The number of rotatable bonds is 3. The zero-order valence-corrected chi connectivity index (χ0v) is 7.25. The first kappa shape index (κ1) is 8.73. The van der Waals surface area contributed by atoms with Gasteiger partial charge in [-0.05, 0) is 24.5 Å². The monoisotopic (exact) mass is 160 g/mol. The summed E-state index contributed by atoms with van der Waals surface area (Å²) >= 11 is 0. The Labute approximate surface area is 72.9 Å². The Morgan fingerprint density at radius 3 is 3.08 bits per heavy atom. The predicted molar refractivity (Wildman–Crippen MR) is 47.6 cm³/mol. The average Bonchev–Trinajstić information content (AvgIpc) is 2.15. The number of nitrogens with zero attached hydrogens (tertiary/aromatic N) is 2. The zero-order valence-electron chi connectivity index (χ0n) is 7.25. The normalized spacial score (nSPS) is 9.33. The molecule has 0 aromatic carbocycles. The van der Waals surface area contributed by atoms with Gasteiger partial charge >= 0.3 is 0 Å². The molecule has 12 heavy (non-hydrogen) atoms. The van der Waals surface area contributed by atoms with Gasteiger partial charge in [0.1, 0.15) is 6.07 Å². The van der Waals surface area contributed by atoms with E-state index in [2.05, 4.69) is 18.0 Å². The molecule has 0 fully saturated rings. The molecule has 1 rings (SSSR count). The van der Waals surface area contributed by atoms with E-state index < -0.39 is 0 Å². The maximum absolute atomic E-state index is 8.73. The number of hydrogen-bond donors (Lipinski definition) is 0. The first-order valence-electron chi connectivity index (χ1n) is 4.21. The molecule has 2 nitrogen and oxygen atoms in total. The molecular weight excluding hydrogens is 148 g/mol. The van der Waals surface area contributed by atoms with E-state index in [1.807, 2.05) is 6.07 Å². The zero-order chi connectivity index (χ0) is 8.81. The van der Waals surface area contributed by atoms with Gasteiger partial charge in [-0.3, -0.25) is 4.98 Å². The maximum atomic E-state index is 8.73. The molecular formula is C10H12N2. The highest BCUT2D eigenvalue weighted by molar-refractivity contribution is 5.34. The Bertz CT molecular complexity index is 286. The van der Waals surface area contributed by atoms with E-state index in [9.17, 15) is 0 Å². The number of hydrogen-bond acceptors (Lipinski definition) is 2. The predicted octanol–water partition coefficient (Wildman–Crippen LogP) is 2.30. The van der Waals surface area contributed by atoms with E-state index >= 15 is 0 Å². The summed E-state index contributed by atoms with van der Waals surface area (Å²) in [6.07, 6.45) is 6.66. The smallest absolute Gasteiger partial charge is 0.101 e. The van der Waals surface area contributed by atoms with Gasteiger partial charge in [-0.15, -0.1) is 0 Å². The molecule has 0 atom stereocenters. The van der Waals surface area contributed by atoms with Crippen LogP contribution in [0.25, 0.3) is 0 Å². The van der Waals surface area contributed by atoms with Gasteiger partial charge in [-0.25, -0.2) is 0 Å². The molecule has 1 aromatic heterocycles. The lowest BCUT2D eigenvalue weighted by molar-refractivity contribution is 0.792. The lowest BCUT2D eigenvalue weighted by atomic mass is 10.1. The van der Waals surface area contributed by atoms with Crippen LogP contribution in [0, 0.1) is 11.3 Å². The van der Waals surface area contributed by atoms with E-state index in [0.717, 1.165) is 24.8 Å². The van der Waals surface area contributed by atoms with Gasteiger partial charge < -0.3 is 0 Å². The Morgan fingerprint density at radius 1 is 1.58 bits per heavy atom. The van der Waals surface area contributed by atoms with Crippen LogP contribution in [0.15, 0.2) is 18.5 Å².